The minimum Gasteiger partial charge on any atom is -0.441 e. The Kier molecular flexibility index (Phi) is 3.47. The van der Waals surface area contributed by atoms with Crippen LogP contribution in [0.4, 0.5) is 0 Å². The van der Waals surface area contributed by atoms with Crippen molar-refractivity contribution in [2.75, 3.05) is 13.1 Å². The molecule has 1 amide bonds. The summed E-state index contributed by atoms with van der Waals surface area (Å²) in [6, 6.07) is 5.81. The molecule has 0 aliphatic carbocycles. The number of carbonyl (C=O) groups excluding carboxylic acids is 1. The molecule has 0 radical (unpaired) electrons. The third-order valence-corrected chi connectivity index (χ3v) is 3.92. The van der Waals surface area contributed by atoms with E-state index in [1.165, 1.54) is 6.42 Å². The van der Waals surface area contributed by atoms with Crippen LogP contribution in [-0.2, 0) is 11.2 Å². The van der Waals surface area contributed by atoms with E-state index in [1.807, 2.05) is 30.0 Å². The van der Waals surface area contributed by atoms with Crippen LogP contribution >= 0.6 is 0 Å². The summed E-state index contributed by atoms with van der Waals surface area (Å²) in [6.45, 7) is 5.84. The highest BCUT2D eigenvalue weighted by molar-refractivity contribution is 5.81. The van der Waals surface area contributed by atoms with Crippen molar-refractivity contribution < 1.29 is 9.21 Å². The number of benzene rings is 1. The maximum atomic E-state index is 12.3. The summed E-state index contributed by atoms with van der Waals surface area (Å²) in [6.07, 6.45) is 2.80. The Hall–Kier alpha value is -1.84. The van der Waals surface area contributed by atoms with Crippen molar-refractivity contribution in [2.24, 2.45) is 5.92 Å². The van der Waals surface area contributed by atoms with E-state index in [2.05, 4.69) is 11.9 Å². The summed E-state index contributed by atoms with van der Waals surface area (Å²) in [4.78, 5) is 18.6. The highest BCUT2D eigenvalue weighted by atomic mass is 16.3. The Balaban J connectivity index is 1.73. The first kappa shape index (κ1) is 13.2. The molecule has 1 fully saturated rings. The van der Waals surface area contributed by atoms with E-state index in [-0.39, 0.29) is 5.91 Å². The van der Waals surface area contributed by atoms with Crippen LogP contribution < -0.4 is 0 Å². The van der Waals surface area contributed by atoms with Crippen molar-refractivity contribution in [1.82, 2.24) is 9.88 Å². The molecule has 0 saturated carbocycles. The van der Waals surface area contributed by atoms with Gasteiger partial charge in [-0.25, -0.2) is 4.98 Å². The Morgan fingerprint density at radius 2 is 2.35 bits per heavy atom. The average molecular weight is 272 g/mol. The minimum absolute atomic E-state index is 0.219. The summed E-state index contributed by atoms with van der Waals surface area (Å²) in [5.41, 5.74) is 2.62. The van der Waals surface area contributed by atoms with Gasteiger partial charge in [0.15, 0.2) is 11.5 Å². The van der Waals surface area contributed by atoms with Crippen molar-refractivity contribution in [1.29, 1.82) is 0 Å². The first-order valence-electron chi connectivity index (χ1n) is 7.25. The van der Waals surface area contributed by atoms with Gasteiger partial charge in [-0.2, -0.15) is 0 Å². The molecule has 2 aromatic rings. The molecule has 1 aliphatic rings. The lowest BCUT2D eigenvalue weighted by Crippen LogP contribution is -2.39. The number of amides is 1. The van der Waals surface area contributed by atoms with Gasteiger partial charge in [-0.1, -0.05) is 13.0 Å². The molecule has 0 bridgehead atoms. The van der Waals surface area contributed by atoms with Gasteiger partial charge < -0.3 is 9.32 Å². The summed E-state index contributed by atoms with van der Waals surface area (Å²) in [5, 5.41) is 0. The molecule has 0 N–H and O–H groups in total. The fraction of sp³-hybridized carbons (Fsp3) is 0.500. The summed E-state index contributed by atoms with van der Waals surface area (Å²) in [5.74, 6) is 1.50. The van der Waals surface area contributed by atoms with Crippen molar-refractivity contribution in [3.05, 3.63) is 29.7 Å². The van der Waals surface area contributed by atoms with Crippen LogP contribution in [0.15, 0.2) is 22.6 Å². The number of oxazole rings is 1. The van der Waals surface area contributed by atoms with Gasteiger partial charge in [0.05, 0.1) is 6.42 Å². The largest absolute Gasteiger partial charge is 0.441 e. The molecule has 0 spiro atoms. The number of aryl methyl sites for hydroxylation is 1. The number of aromatic nitrogens is 1. The Labute approximate surface area is 118 Å². The van der Waals surface area contributed by atoms with E-state index in [0.29, 0.717) is 18.2 Å². The zero-order valence-electron chi connectivity index (χ0n) is 12.1. The number of hydrogen-bond acceptors (Lipinski definition) is 3. The topological polar surface area (TPSA) is 46.3 Å². The number of carbonyl (C=O) groups is 1. The van der Waals surface area contributed by atoms with Crippen molar-refractivity contribution in [2.45, 2.75) is 33.1 Å². The molecular weight excluding hydrogens is 252 g/mol. The molecule has 4 nitrogen and oxygen atoms in total. The Morgan fingerprint density at radius 3 is 3.15 bits per heavy atom. The highest BCUT2D eigenvalue weighted by Crippen LogP contribution is 2.19. The van der Waals surface area contributed by atoms with E-state index >= 15 is 0 Å². The van der Waals surface area contributed by atoms with E-state index in [4.69, 9.17) is 4.42 Å². The number of likely N-dealkylation sites (tertiary alicyclic amines) is 1. The van der Waals surface area contributed by atoms with E-state index in [0.717, 1.165) is 36.2 Å². The molecule has 1 saturated heterocycles. The van der Waals surface area contributed by atoms with Crippen LogP contribution in [0.1, 0.15) is 31.2 Å². The van der Waals surface area contributed by atoms with Crippen molar-refractivity contribution in [3.63, 3.8) is 0 Å². The fourth-order valence-electron chi connectivity index (χ4n) is 2.90. The van der Waals surface area contributed by atoms with Crippen LogP contribution in [0.2, 0.25) is 0 Å². The smallest absolute Gasteiger partial charge is 0.226 e. The monoisotopic (exact) mass is 272 g/mol. The maximum Gasteiger partial charge on any atom is 0.226 e. The number of fused-ring (bicyclic) bond motifs is 1. The predicted octanol–water partition coefficient (Wildman–Crippen LogP) is 2.94. The van der Waals surface area contributed by atoms with E-state index < -0.39 is 0 Å². The number of nitrogens with zero attached hydrogens (tertiary/aromatic N) is 2. The molecule has 3 rings (SSSR count). The van der Waals surface area contributed by atoms with Crippen LogP contribution in [0.25, 0.3) is 11.1 Å². The second-order valence-electron chi connectivity index (χ2n) is 5.80. The molecule has 106 valence electrons. The third kappa shape index (κ3) is 2.69. The maximum absolute atomic E-state index is 12.3. The molecule has 1 aliphatic heterocycles. The van der Waals surface area contributed by atoms with Gasteiger partial charge in [-0.3, -0.25) is 4.79 Å². The molecule has 1 atom stereocenters. The second-order valence-corrected chi connectivity index (χ2v) is 5.80. The zero-order valence-corrected chi connectivity index (χ0v) is 12.1. The SMILES string of the molecule is Cc1nc2cc(CC(=O)N3CCCC(C)C3)ccc2o1. The summed E-state index contributed by atoms with van der Waals surface area (Å²) >= 11 is 0. The van der Waals surface area contributed by atoms with E-state index in [9.17, 15) is 4.79 Å². The van der Waals surface area contributed by atoms with Gasteiger partial charge in [0, 0.05) is 20.0 Å². The fourth-order valence-corrected chi connectivity index (χ4v) is 2.90. The van der Waals surface area contributed by atoms with Crippen molar-refractivity contribution in [3.8, 4) is 0 Å². The number of hydrogen-bond donors (Lipinski definition) is 0. The lowest BCUT2D eigenvalue weighted by atomic mass is 9.99. The summed E-state index contributed by atoms with van der Waals surface area (Å²) in [7, 11) is 0. The van der Waals surface area contributed by atoms with Gasteiger partial charge in [-0.15, -0.1) is 0 Å². The van der Waals surface area contributed by atoms with Crippen molar-refractivity contribution >= 4 is 17.0 Å². The molecule has 1 aromatic carbocycles. The van der Waals surface area contributed by atoms with Gasteiger partial charge >= 0.3 is 0 Å². The van der Waals surface area contributed by atoms with Crippen LogP contribution in [0, 0.1) is 12.8 Å². The molecule has 1 unspecified atom stereocenters. The van der Waals surface area contributed by atoms with Gasteiger partial charge in [0.25, 0.3) is 0 Å². The predicted molar refractivity (Wildman–Crippen MR) is 77.4 cm³/mol. The first-order chi connectivity index (χ1) is 9.61. The van der Waals surface area contributed by atoms with Crippen LogP contribution in [-0.4, -0.2) is 28.9 Å². The molecular formula is C16H20N2O2. The Morgan fingerprint density at radius 1 is 1.50 bits per heavy atom. The summed E-state index contributed by atoms with van der Waals surface area (Å²) < 4.78 is 5.45. The first-order valence-corrected chi connectivity index (χ1v) is 7.25. The lowest BCUT2D eigenvalue weighted by molar-refractivity contribution is -0.132. The number of rotatable bonds is 2. The highest BCUT2D eigenvalue weighted by Gasteiger charge is 2.21. The Bertz CT molecular complexity index is 632. The van der Waals surface area contributed by atoms with Gasteiger partial charge in [0.2, 0.25) is 5.91 Å². The second kappa shape index (κ2) is 5.27. The number of piperidine rings is 1. The molecule has 4 heteroatoms. The molecule has 1 aromatic heterocycles. The lowest BCUT2D eigenvalue weighted by Gasteiger charge is -2.31. The molecule has 20 heavy (non-hydrogen) atoms. The quantitative estimate of drug-likeness (QED) is 0.844. The average Bonchev–Trinajstić information content (AvgIpc) is 2.78. The van der Waals surface area contributed by atoms with Crippen LogP contribution in [0.5, 0.6) is 0 Å². The normalized spacial score (nSPS) is 19.5. The standard InChI is InChI=1S/C16H20N2O2/c1-11-4-3-7-18(10-11)16(19)9-13-5-6-15-14(8-13)17-12(2)20-15/h5-6,8,11H,3-4,7,9-10H2,1-2H3. The molecule has 2 heterocycles. The van der Waals surface area contributed by atoms with Crippen LogP contribution in [0.3, 0.4) is 0 Å². The van der Waals surface area contributed by atoms with E-state index in [1.54, 1.807) is 0 Å². The third-order valence-electron chi connectivity index (χ3n) is 3.92. The minimum atomic E-state index is 0.219. The van der Waals surface area contributed by atoms with Gasteiger partial charge in [-0.05, 0) is 36.5 Å². The van der Waals surface area contributed by atoms with Gasteiger partial charge in [0.1, 0.15) is 5.52 Å². The zero-order chi connectivity index (χ0) is 14.1.